The van der Waals surface area contributed by atoms with Crippen LogP contribution in [0.2, 0.25) is 0 Å². The highest BCUT2D eigenvalue weighted by atomic mass is 19.3. The summed E-state index contributed by atoms with van der Waals surface area (Å²) < 4.78 is 34.9. The first-order valence-electron chi connectivity index (χ1n) is 11.3. The number of pyridine rings is 1. The van der Waals surface area contributed by atoms with Gasteiger partial charge >= 0.3 is 0 Å². The fourth-order valence-electron chi connectivity index (χ4n) is 4.59. The van der Waals surface area contributed by atoms with Crippen LogP contribution in [0.15, 0.2) is 24.4 Å². The predicted octanol–water partition coefficient (Wildman–Crippen LogP) is 3.83. The fraction of sp³-hybridized carbons (Fsp3) is 0.478. The molecule has 180 valence electrons. The maximum absolute atomic E-state index is 13.1. The first-order chi connectivity index (χ1) is 16.2. The third-order valence-corrected chi connectivity index (χ3v) is 6.45. The molecule has 34 heavy (non-hydrogen) atoms. The van der Waals surface area contributed by atoms with Crippen LogP contribution in [0.25, 0.3) is 27.9 Å². The topological polar surface area (TPSA) is 102 Å². The molecule has 4 aromatic heterocycles. The molecule has 0 unspecified atom stereocenters. The molecular formula is C23H27F2N7O2. The highest BCUT2D eigenvalue weighted by Crippen LogP contribution is 2.33. The highest BCUT2D eigenvalue weighted by molar-refractivity contribution is 5.85. The third-order valence-electron chi connectivity index (χ3n) is 6.45. The van der Waals surface area contributed by atoms with E-state index in [1.165, 1.54) is 4.57 Å². The summed E-state index contributed by atoms with van der Waals surface area (Å²) in [6, 6.07) is 5.59. The molecule has 0 spiro atoms. The van der Waals surface area contributed by atoms with E-state index in [0.29, 0.717) is 52.9 Å². The zero-order chi connectivity index (χ0) is 24.0. The fourth-order valence-corrected chi connectivity index (χ4v) is 4.59. The molecule has 0 aromatic carbocycles. The lowest BCUT2D eigenvalue weighted by Crippen LogP contribution is -2.36. The molecule has 0 atom stereocenters. The number of aryl methyl sites for hydroxylation is 1. The molecule has 0 aliphatic heterocycles. The van der Waals surface area contributed by atoms with Crippen LogP contribution >= 0.6 is 0 Å². The van der Waals surface area contributed by atoms with Crippen molar-refractivity contribution in [3.05, 3.63) is 30.2 Å². The average molecular weight is 472 g/mol. The van der Waals surface area contributed by atoms with E-state index in [1.54, 1.807) is 36.9 Å². The van der Waals surface area contributed by atoms with Gasteiger partial charge in [0.2, 0.25) is 11.8 Å². The number of nitrogens with one attached hydrogen (secondary N) is 1. The lowest BCUT2D eigenvalue weighted by Gasteiger charge is -2.33. The Morgan fingerprint density at radius 3 is 2.68 bits per heavy atom. The minimum absolute atomic E-state index is 0.167. The van der Waals surface area contributed by atoms with Crippen LogP contribution in [0.4, 0.5) is 14.7 Å². The van der Waals surface area contributed by atoms with Gasteiger partial charge < -0.3 is 19.7 Å². The van der Waals surface area contributed by atoms with Gasteiger partial charge in [-0.15, -0.1) is 5.10 Å². The molecule has 9 nitrogen and oxygen atoms in total. The Balaban J connectivity index is 1.51. The molecule has 0 amide bonds. The Morgan fingerprint density at radius 1 is 1.21 bits per heavy atom. The summed E-state index contributed by atoms with van der Waals surface area (Å²) in [6.45, 7) is 3.09. The second kappa shape index (κ2) is 8.46. The van der Waals surface area contributed by atoms with E-state index >= 15 is 0 Å². The highest BCUT2D eigenvalue weighted by Gasteiger charge is 2.29. The van der Waals surface area contributed by atoms with Crippen LogP contribution in [0.3, 0.4) is 0 Å². The van der Waals surface area contributed by atoms with E-state index in [4.69, 9.17) is 4.74 Å². The molecule has 5 rings (SSSR count). The van der Waals surface area contributed by atoms with Crippen LogP contribution in [0.5, 0.6) is 5.88 Å². The molecule has 1 aliphatic rings. The Bertz CT molecular complexity index is 1340. The maximum atomic E-state index is 13.1. The van der Waals surface area contributed by atoms with Gasteiger partial charge in [-0.25, -0.2) is 23.3 Å². The zero-order valence-electron chi connectivity index (χ0n) is 19.3. The van der Waals surface area contributed by atoms with Crippen molar-refractivity contribution in [2.45, 2.75) is 64.1 Å². The smallest absolute Gasteiger partial charge is 0.256 e. The number of hydrogen-bond acceptors (Lipinski definition) is 7. The van der Waals surface area contributed by atoms with Crippen molar-refractivity contribution in [2.75, 3.05) is 12.4 Å². The van der Waals surface area contributed by atoms with Crippen molar-refractivity contribution in [3.63, 3.8) is 0 Å². The standard InChI is InChI=1S/C23H27F2N7O2/c1-13-26-17-5-4-16(28-20(17)31(13)12-18(24)25)15-8-11-32-19(15)21(34-3)29-22(30-32)27-14-6-9-23(2,33)10-7-14/h4-5,8,11,14,18,33H,6-7,9-10,12H2,1-3H3,(H,27,30)/t14-,23-. The van der Waals surface area contributed by atoms with Crippen LogP contribution < -0.4 is 10.1 Å². The molecule has 4 heterocycles. The van der Waals surface area contributed by atoms with Crippen LogP contribution in [-0.2, 0) is 6.54 Å². The molecule has 0 radical (unpaired) electrons. The van der Waals surface area contributed by atoms with Crippen LogP contribution in [0.1, 0.15) is 38.4 Å². The molecule has 1 saturated carbocycles. The van der Waals surface area contributed by atoms with Gasteiger partial charge in [-0.3, -0.25) is 0 Å². The number of methoxy groups -OCH3 is 1. The second-order valence-corrected chi connectivity index (χ2v) is 9.08. The van der Waals surface area contributed by atoms with Gasteiger partial charge in [0.1, 0.15) is 16.9 Å². The number of nitrogens with zero attached hydrogens (tertiary/aromatic N) is 6. The van der Waals surface area contributed by atoms with Crippen molar-refractivity contribution in [3.8, 4) is 17.1 Å². The molecule has 11 heteroatoms. The summed E-state index contributed by atoms with van der Waals surface area (Å²) >= 11 is 0. The summed E-state index contributed by atoms with van der Waals surface area (Å²) in [4.78, 5) is 13.6. The van der Waals surface area contributed by atoms with E-state index in [-0.39, 0.29) is 6.04 Å². The number of ether oxygens (including phenoxy) is 1. The first kappa shape index (κ1) is 22.5. The number of rotatable bonds is 6. The van der Waals surface area contributed by atoms with Crippen LogP contribution in [-0.4, -0.2) is 59.4 Å². The van der Waals surface area contributed by atoms with Gasteiger partial charge in [-0.05, 0) is 57.7 Å². The predicted molar refractivity (Wildman–Crippen MR) is 123 cm³/mol. The Kier molecular flexibility index (Phi) is 5.59. The Labute approximate surface area is 194 Å². The number of hydrogen-bond donors (Lipinski definition) is 2. The minimum atomic E-state index is -2.51. The Hall–Kier alpha value is -3.34. The van der Waals surface area contributed by atoms with Gasteiger partial charge in [-0.1, -0.05) is 0 Å². The molecular weight excluding hydrogens is 444 g/mol. The zero-order valence-corrected chi connectivity index (χ0v) is 19.3. The third kappa shape index (κ3) is 4.15. The van der Waals surface area contributed by atoms with Gasteiger partial charge in [0.15, 0.2) is 5.65 Å². The number of alkyl halides is 2. The van der Waals surface area contributed by atoms with E-state index in [1.807, 2.05) is 13.0 Å². The number of halogens is 2. The van der Waals surface area contributed by atoms with Gasteiger partial charge in [-0.2, -0.15) is 4.98 Å². The molecule has 2 N–H and O–H groups in total. The molecule has 0 saturated heterocycles. The number of aliphatic hydroxyl groups is 1. The van der Waals surface area contributed by atoms with Crippen molar-refractivity contribution >= 4 is 22.6 Å². The van der Waals surface area contributed by atoms with Crippen molar-refractivity contribution in [1.82, 2.24) is 29.1 Å². The van der Waals surface area contributed by atoms with Crippen molar-refractivity contribution in [2.24, 2.45) is 0 Å². The number of fused-ring (bicyclic) bond motifs is 2. The Morgan fingerprint density at radius 2 is 1.97 bits per heavy atom. The average Bonchev–Trinajstić information content (AvgIpc) is 3.35. The van der Waals surface area contributed by atoms with Gasteiger partial charge in [0, 0.05) is 17.8 Å². The number of aromatic nitrogens is 6. The summed E-state index contributed by atoms with van der Waals surface area (Å²) in [6.07, 6.45) is 2.36. The SMILES string of the molecule is COc1nc(N[C@H]2CC[C@](C)(O)CC2)nn2ccc(-c3ccc4nc(C)n(CC(F)F)c4n3)c12. The van der Waals surface area contributed by atoms with E-state index in [2.05, 4.69) is 25.4 Å². The number of imidazole rings is 1. The molecule has 1 fully saturated rings. The van der Waals surface area contributed by atoms with E-state index < -0.39 is 18.6 Å². The van der Waals surface area contributed by atoms with E-state index in [9.17, 15) is 13.9 Å². The molecule has 1 aliphatic carbocycles. The van der Waals surface area contributed by atoms with Crippen molar-refractivity contribution < 1.29 is 18.6 Å². The monoisotopic (exact) mass is 471 g/mol. The minimum Gasteiger partial charge on any atom is -0.479 e. The lowest BCUT2D eigenvalue weighted by molar-refractivity contribution is 0.0195. The maximum Gasteiger partial charge on any atom is 0.256 e. The van der Waals surface area contributed by atoms with Gasteiger partial charge in [0.05, 0.1) is 24.9 Å². The first-order valence-corrected chi connectivity index (χ1v) is 11.3. The van der Waals surface area contributed by atoms with Crippen LogP contribution in [0, 0.1) is 6.92 Å². The van der Waals surface area contributed by atoms with Crippen molar-refractivity contribution in [1.29, 1.82) is 0 Å². The summed E-state index contributed by atoms with van der Waals surface area (Å²) in [5.41, 5.74) is 2.28. The lowest BCUT2D eigenvalue weighted by atomic mass is 9.84. The normalized spacial score (nSPS) is 21.0. The number of anilines is 1. The quantitative estimate of drug-likeness (QED) is 0.441. The molecule has 0 bridgehead atoms. The molecule has 4 aromatic rings. The van der Waals surface area contributed by atoms with E-state index in [0.717, 1.165) is 18.4 Å². The second-order valence-electron chi connectivity index (χ2n) is 9.08. The summed E-state index contributed by atoms with van der Waals surface area (Å²) in [5, 5.41) is 18.1. The van der Waals surface area contributed by atoms with Gasteiger partial charge in [0.25, 0.3) is 6.43 Å². The summed E-state index contributed by atoms with van der Waals surface area (Å²) in [7, 11) is 1.54. The largest absolute Gasteiger partial charge is 0.479 e. The summed E-state index contributed by atoms with van der Waals surface area (Å²) in [5.74, 6) is 1.30.